The molecule has 0 aliphatic carbocycles. The summed E-state index contributed by atoms with van der Waals surface area (Å²) in [5.41, 5.74) is 0.817. The van der Waals surface area contributed by atoms with Crippen LogP contribution in [-0.2, 0) is 25.6 Å². The summed E-state index contributed by atoms with van der Waals surface area (Å²) in [6, 6.07) is 19.5. The van der Waals surface area contributed by atoms with Gasteiger partial charge in [-0.2, -0.15) is 0 Å². The Morgan fingerprint density at radius 1 is 1.03 bits per heavy atom. The number of para-hydroxylation sites is 1. The average Bonchev–Trinajstić information content (AvgIpc) is 2.82. The predicted molar refractivity (Wildman–Crippen MR) is 130 cm³/mol. The molecule has 0 aromatic heterocycles. The molecule has 182 valence electrons. The zero-order valence-corrected chi connectivity index (χ0v) is 20.2. The van der Waals surface area contributed by atoms with Gasteiger partial charge < -0.3 is 24.0 Å². The van der Waals surface area contributed by atoms with Crippen LogP contribution in [-0.4, -0.2) is 60.4 Å². The highest BCUT2D eigenvalue weighted by atomic mass is 16.6. The molecule has 1 unspecified atom stereocenters. The largest absolute Gasteiger partial charge is 0.444 e. The number of likely N-dealkylation sites (tertiary alicyclic amines) is 1. The van der Waals surface area contributed by atoms with E-state index in [1.165, 1.54) is 0 Å². The summed E-state index contributed by atoms with van der Waals surface area (Å²) in [4.78, 5) is 29.4. The fraction of sp³-hybridized carbons (Fsp3) is 0.481. The van der Waals surface area contributed by atoms with Gasteiger partial charge in [-0.3, -0.25) is 4.79 Å². The van der Waals surface area contributed by atoms with E-state index >= 15 is 0 Å². The smallest absolute Gasteiger partial charge is 0.410 e. The van der Waals surface area contributed by atoms with Crippen molar-refractivity contribution >= 4 is 17.7 Å². The van der Waals surface area contributed by atoms with Crippen molar-refractivity contribution in [3.63, 3.8) is 0 Å². The summed E-state index contributed by atoms with van der Waals surface area (Å²) in [7, 11) is 0. The topological polar surface area (TPSA) is 68.3 Å². The summed E-state index contributed by atoms with van der Waals surface area (Å²) in [5, 5.41) is 0. The first-order chi connectivity index (χ1) is 16.2. The predicted octanol–water partition coefficient (Wildman–Crippen LogP) is 4.40. The van der Waals surface area contributed by atoms with E-state index in [0.29, 0.717) is 39.1 Å². The molecular formula is C27H34N2O5. The number of ether oxygens (including phenoxy) is 3. The fourth-order valence-electron chi connectivity index (χ4n) is 4.42. The van der Waals surface area contributed by atoms with Crippen molar-refractivity contribution in [3.8, 4) is 0 Å². The van der Waals surface area contributed by atoms with Gasteiger partial charge in [0.05, 0.1) is 25.4 Å². The zero-order chi connectivity index (χ0) is 24.2. The van der Waals surface area contributed by atoms with E-state index in [2.05, 4.69) is 0 Å². The van der Waals surface area contributed by atoms with Crippen LogP contribution >= 0.6 is 0 Å². The highest BCUT2D eigenvalue weighted by Crippen LogP contribution is 2.35. The van der Waals surface area contributed by atoms with E-state index in [1.54, 1.807) is 4.90 Å². The van der Waals surface area contributed by atoms with Crippen LogP contribution in [0.1, 0.15) is 39.2 Å². The Bertz CT molecular complexity index is 966. The number of morpholine rings is 1. The van der Waals surface area contributed by atoms with E-state index in [9.17, 15) is 9.59 Å². The number of carbonyl (C=O) groups excluding carboxylic acids is 2. The molecule has 2 amide bonds. The lowest BCUT2D eigenvalue weighted by atomic mass is 9.88. The molecule has 2 aliphatic rings. The van der Waals surface area contributed by atoms with Gasteiger partial charge in [0.25, 0.3) is 5.91 Å². The first kappa shape index (κ1) is 24.2. The van der Waals surface area contributed by atoms with Gasteiger partial charge in [-0.25, -0.2) is 4.79 Å². The van der Waals surface area contributed by atoms with Crippen LogP contribution in [0.25, 0.3) is 0 Å². The fourth-order valence-corrected chi connectivity index (χ4v) is 4.42. The zero-order valence-electron chi connectivity index (χ0n) is 20.2. The third-order valence-corrected chi connectivity index (χ3v) is 6.16. The highest BCUT2D eigenvalue weighted by molar-refractivity contribution is 5.97. The van der Waals surface area contributed by atoms with Crippen LogP contribution < -0.4 is 4.90 Å². The Labute approximate surface area is 201 Å². The minimum Gasteiger partial charge on any atom is -0.444 e. The number of hydrogen-bond donors (Lipinski definition) is 0. The molecule has 2 aromatic rings. The quantitative estimate of drug-likeness (QED) is 0.653. The van der Waals surface area contributed by atoms with Crippen LogP contribution in [0.5, 0.6) is 0 Å². The number of nitrogens with zero attached hydrogens (tertiary/aromatic N) is 2. The molecule has 1 spiro atoms. The molecule has 7 nitrogen and oxygen atoms in total. The number of rotatable bonds is 5. The van der Waals surface area contributed by atoms with Crippen molar-refractivity contribution in [3.05, 3.63) is 66.2 Å². The van der Waals surface area contributed by atoms with E-state index in [4.69, 9.17) is 14.2 Å². The normalized spacial score (nSPS) is 20.4. The molecule has 0 saturated carbocycles. The molecular weight excluding hydrogens is 432 g/mol. The number of carbonyl (C=O) groups is 2. The average molecular weight is 467 g/mol. The minimum atomic E-state index is -0.703. The van der Waals surface area contributed by atoms with Crippen molar-refractivity contribution in [2.45, 2.75) is 57.5 Å². The summed E-state index contributed by atoms with van der Waals surface area (Å²) >= 11 is 0. The first-order valence-electron chi connectivity index (χ1n) is 11.9. The summed E-state index contributed by atoms with van der Waals surface area (Å²) in [5.74, 6) is -0.0977. The number of benzene rings is 2. The molecule has 34 heavy (non-hydrogen) atoms. The van der Waals surface area contributed by atoms with Crippen LogP contribution in [0.4, 0.5) is 10.5 Å². The van der Waals surface area contributed by atoms with Gasteiger partial charge in [0.2, 0.25) is 0 Å². The lowest BCUT2D eigenvalue weighted by Gasteiger charge is -2.49. The van der Waals surface area contributed by atoms with E-state index in [0.717, 1.165) is 11.3 Å². The van der Waals surface area contributed by atoms with Gasteiger partial charge >= 0.3 is 6.09 Å². The molecule has 1 atom stereocenters. The van der Waals surface area contributed by atoms with E-state index in [1.807, 2.05) is 86.3 Å². The monoisotopic (exact) mass is 466 g/mol. The highest BCUT2D eigenvalue weighted by Gasteiger charge is 2.48. The summed E-state index contributed by atoms with van der Waals surface area (Å²) < 4.78 is 17.9. The molecule has 4 rings (SSSR count). The summed E-state index contributed by atoms with van der Waals surface area (Å²) in [6.45, 7) is 7.67. The molecule has 0 bridgehead atoms. The van der Waals surface area contributed by atoms with Gasteiger partial charge in [0.1, 0.15) is 5.60 Å². The maximum Gasteiger partial charge on any atom is 0.410 e. The molecule has 0 N–H and O–H groups in total. The molecule has 2 aromatic carbocycles. The number of amides is 2. The Kier molecular flexibility index (Phi) is 7.24. The van der Waals surface area contributed by atoms with Crippen molar-refractivity contribution in [1.29, 1.82) is 0 Å². The minimum absolute atomic E-state index is 0.0977. The van der Waals surface area contributed by atoms with Crippen LogP contribution in [0.15, 0.2) is 60.7 Å². The van der Waals surface area contributed by atoms with Crippen LogP contribution in [0.3, 0.4) is 0 Å². The molecule has 2 aliphatic heterocycles. The standard InChI is InChI=1S/C27H34N2O5/c1-26(2,3)34-25(31)28-16-14-27(15-17-28)20-29(22-12-8-5-9-13-22)24(30)23(33-27)19-32-18-21-10-6-4-7-11-21/h4-13,23H,14-20H2,1-3H3. The number of piperidine rings is 1. The number of anilines is 1. The maximum absolute atomic E-state index is 13.4. The summed E-state index contributed by atoms with van der Waals surface area (Å²) in [6.07, 6.45) is 0.235. The SMILES string of the molecule is CC(C)(C)OC(=O)N1CCC2(CC1)CN(c1ccccc1)C(=O)C(COCc1ccccc1)O2. The van der Waals surface area contributed by atoms with E-state index < -0.39 is 17.3 Å². The van der Waals surface area contributed by atoms with Gasteiger partial charge in [-0.15, -0.1) is 0 Å². The Morgan fingerprint density at radius 3 is 2.26 bits per heavy atom. The second kappa shape index (κ2) is 10.2. The third-order valence-electron chi connectivity index (χ3n) is 6.16. The van der Waals surface area contributed by atoms with Crippen molar-refractivity contribution in [2.75, 3.05) is 31.1 Å². The molecule has 2 fully saturated rings. The Morgan fingerprint density at radius 2 is 1.65 bits per heavy atom. The lowest BCUT2D eigenvalue weighted by molar-refractivity contribution is -0.173. The molecule has 7 heteroatoms. The molecule has 0 radical (unpaired) electrons. The third kappa shape index (κ3) is 5.96. The first-order valence-corrected chi connectivity index (χ1v) is 11.9. The van der Waals surface area contributed by atoms with Gasteiger partial charge in [-0.1, -0.05) is 48.5 Å². The number of hydrogen-bond acceptors (Lipinski definition) is 5. The van der Waals surface area contributed by atoms with Crippen molar-refractivity contribution in [1.82, 2.24) is 4.90 Å². The van der Waals surface area contributed by atoms with Gasteiger partial charge in [0.15, 0.2) is 6.10 Å². The second-order valence-corrected chi connectivity index (χ2v) is 10.0. The molecule has 2 saturated heterocycles. The van der Waals surface area contributed by atoms with Crippen LogP contribution in [0, 0.1) is 0 Å². The lowest BCUT2D eigenvalue weighted by Crippen LogP contribution is -2.63. The van der Waals surface area contributed by atoms with Gasteiger partial charge in [0, 0.05) is 18.8 Å². The Balaban J connectivity index is 1.46. The Hall–Kier alpha value is -2.90. The van der Waals surface area contributed by atoms with Crippen molar-refractivity contribution in [2.24, 2.45) is 0 Å². The van der Waals surface area contributed by atoms with E-state index in [-0.39, 0.29) is 18.6 Å². The van der Waals surface area contributed by atoms with Crippen molar-refractivity contribution < 1.29 is 23.8 Å². The second-order valence-electron chi connectivity index (χ2n) is 10.0. The van der Waals surface area contributed by atoms with Gasteiger partial charge in [-0.05, 0) is 51.3 Å². The molecule has 2 heterocycles. The maximum atomic E-state index is 13.4. The van der Waals surface area contributed by atoms with Crippen LogP contribution in [0.2, 0.25) is 0 Å².